The lowest BCUT2D eigenvalue weighted by atomic mass is 10.2. The molecule has 0 unspecified atom stereocenters. The van der Waals surface area contributed by atoms with E-state index in [0.29, 0.717) is 39.9 Å². The van der Waals surface area contributed by atoms with Gasteiger partial charge in [0.1, 0.15) is 0 Å². The van der Waals surface area contributed by atoms with E-state index in [4.69, 9.17) is 16.3 Å². The molecule has 0 saturated carbocycles. The number of thioether (sulfide) groups is 1. The minimum absolute atomic E-state index is 0.146. The number of carbonyl (C=O) groups is 1. The van der Waals surface area contributed by atoms with Crippen LogP contribution in [0.25, 0.3) is 10.9 Å². The van der Waals surface area contributed by atoms with Gasteiger partial charge in [-0.05, 0) is 37.3 Å². The Kier molecular flexibility index (Phi) is 6.72. The van der Waals surface area contributed by atoms with Gasteiger partial charge in [-0.2, -0.15) is 0 Å². The molecule has 0 aliphatic rings. The predicted octanol–water partition coefficient (Wildman–Crippen LogP) is 3.82. The maximum atomic E-state index is 12.9. The number of fused-ring (bicyclic) bond motifs is 1. The molecule has 2 aromatic carbocycles. The number of rotatable bonds is 7. The van der Waals surface area contributed by atoms with Crippen LogP contribution in [0.4, 0.5) is 5.69 Å². The third-order valence-electron chi connectivity index (χ3n) is 4.09. The summed E-state index contributed by atoms with van der Waals surface area (Å²) in [6, 6.07) is 14.1. The number of halogens is 1. The van der Waals surface area contributed by atoms with Crippen LogP contribution in [0.3, 0.4) is 0 Å². The molecule has 0 saturated heterocycles. The zero-order chi connectivity index (χ0) is 20.1. The Morgan fingerprint density at radius 1 is 1.29 bits per heavy atom. The fourth-order valence-corrected chi connectivity index (χ4v) is 3.76. The highest BCUT2D eigenvalue weighted by Crippen LogP contribution is 2.24. The van der Waals surface area contributed by atoms with Crippen molar-refractivity contribution in [1.29, 1.82) is 0 Å². The van der Waals surface area contributed by atoms with Crippen molar-refractivity contribution in [3.8, 4) is 0 Å². The number of ether oxygens (including phenoxy) is 1. The topological polar surface area (TPSA) is 73.2 Å². The number of hydrogen-bond acceptors (Lipinski definition) is 5. The minimum atomic E-state index is -0.471. The van der Waals surface area contributed by atoms with Crippen LogP contribution < -0.4 is 10.9 Å². The molecular formula is C20H20ClN3O3S. The Morgan fingerprint density at radius 2 is 2.07 bits per heavy atom. The van der Waals surface area contributed by atoms with Crippen LogP contribution in [0.2, 0.25) is 5.02 Å². The molecule has 3 aromatic rings. The number of hydrogen-bond donors (Lipinski definition) is 1. The first kappa shape index (κ1) is 20.4. The van der Waals surface area contributed by atoms with Gasteiger partial charge in [-0.1, -0.05) is 41.6 Å². The molecule has 0 aliphatic carbocycles. The van der Waals surface area contributed by atoms with Gasteiger partial charge in [-0.15, -0.1) is 0 Å². The summed E-state index contributed by atoms with van der Waals surface area (Å²) in [6.07, 6.45) is 0. The number of anilines is 1. The fourth-order valence-electron chi connectivity index (χ4n) is 2.64. The summed E-state index contributed by atoms with van der Waals surface area (Å²) in [5, 5.41) is 3.93. The van der Waals surface area contributed by atoms with Crippen molar-refractivity contribution in [2.24, 2.45) is 0 Å². The van der Waals surface area contributed by atoms with Gasteiger partial charge in [-0.25, -0.2) is 4.98 Å². The van der Waals surface area contributed by atoms with E-state index in [2.05, 4.69) is 10.3 Å². The van der Waals surface area contributed by atoms with Crippen LogP contribution in [0.1, 0.15) is 6.92 Å². The number of benzene rings is 2. The molecule has 0 radical (unpaired) electrons. The Labute approximate surface area is 171 Å². The number of amides is 1. The number of aromatic nitrogens is 2. The molecule has 0 bridgehead atoms. The smallest absolute Gasteiger partial charge is 0.262 e. The van der Waals surface area contributed by atoms with Gasteiger partial charge in [0.2, 0.25) is 5.91 Å². The Balaban J connectivity index is 1.87. The lowest BCUT2D eigenvalue weighted by Gasteiger charge is -2.16. The number of para-hydroxylation sites is 1. The molecule has 1 N–H and O–H groups in total. The molecule has 8 heteroatoms. The molecule has 0 fully saturated rings. The Bertz CT molecular complexity index is 1050. The van der Waals surface area contributed by atoms with E-state index in [-0.39, 0.29) is 11.5 Å². The van der Waals surface area contributed by atoms with Crippen molar-refractivity contribution in [2.45, 2.75) is 23.9 Å². The van der Waals surface area contributed by atoms with Gasteiger partial charge in [-0.3, -0.25) is 14.2 Å². The van der Waals surface area contributed by atoms with Gasteiger partial charge in [0, 0.05) is 17.8 Å². The normalized spacial score (nSPS) is 12.1. The van der Waals surface area contributed by atoms with E-state index in [9.17, 15) is 9.59 Å². The SMILES string of the molecule is COCCn1c(S[C@@H](C)C(=O)Nc2cccc(Cl)c2)nc2ccccc2c1=O. The fraction of sp³-hybridized carbons (Fsp3) is 0.250. The number of nitrogens with one attached hydrogen (secondary N) is 1. The Morgan fingerprint density at radius 3 is 2.82 bits per heavy atom. The van der Waals surface area contributed by atoms with Gasteiger partial charge in [0.15, 0.2) is 5.16 Å². The lowest BCUT2D eigenvalue weighted by molar-refractivity contribution is -0.115. The highest BCUT2D eigenvalue weighted by Gasteiger charge is 2.19. The van der Waals surface area contributed by atoms with E-state index in [1.54, 1.807) is 61.1 Å². The molecule has 0 aliphatic heterocycles. The summed E-state index contributed by atoms with van der Waals surface area (Å²) in [5.41, 5.74) is 1.08. The molecule has 1 aromatic heterocycles. The van der Waals surface area contributed by atoms with Crippen LogP contribution >= 0.6 is 23.4 Å². The van der Waals surface area contributed by atoms with Crippen molar-refractivity contribution in [3.63, 3.8) is 0 Å². The van der Waals surface area contributed by atoms with E-state index < -0.39 is 5.25 Å². The monoisotopic (exact) mass is 417 g/mol. The first-order chi connectivity index (χ1) is 13.5. The second kappa shape index (κ2) is 9.23. The molecule has 6 nitrogen and oxygen atoms in total. The van der Waals surface area contributed by atoms with Crippen molar-refractivity contribution in [1.82, 2.24) is 9.55 Å². The van der Waals surface area contributed by atoms with Crippen LogP contribution in [-0.2, 0) is 16.1 Å². The summed E-state index contributed by atoms with van der Waals surface area (Å²) in [5.74, 6) is -0.201. The van der Waals surface area contributed by atoms with Crippen molar-refractivity contribution in [2.75, 3.05) is 19.0 Å². The first-order valence-electron chi connectivity index (χ1n) is 8.71. The highest BCUT2D eigenvalue weighted by atomic mass is 35.5. The van der Waals surface area contributed by atoms with Crippen LogP contribution in [-0.4, -0.2) is 34.4 Å². The molecule has 1 amide bonds. The molecule has 146 valence electrons. The van der Waals surface area contributed by atoms with E-state index >= 15 is 0 Å². The molecule has 28 heavy (non-hydrogen) atoms. The second-order valence-corrected chi connectivity index (χ2v) is 7.87. The van der Waals surface area contributed by atoms with Crippen molar-refractivity contribution >= 4 is 45.9 Å². The quantitative estimate of drug-likeness (QED) is 0.467. The summed E-state index contributed by atoms with van der Waals surface area (Å²) in [4.78, 5) is 30.1. The van der Waals surface area contributed by atoms with E-state index in [0.717, 1.165) is 0 Å². The predicted molar refractivity (Wildman–Crippen MR) is 113 cm³/mol. The molecule has 3 rings (SSSR count). The standard InChI is InChI=1S/C20H20ClN3O3S/c1-13(18(25)22-15-7-5-6-14(21)12-15)28-20-23-17-9-4-3-8-16(17)19(26)24(20)10-11-27-2/h3-9,12-13H,10-11H2,1-2H3,(H,22,25)/t13-/m0/s1. The Hall–Kier alpha value is -2.35. The van der Waals surface area contributed by atoms with Gasteiger partial charge in [0.05, 0.1) is 29.3 Å². The number of methoxy groups -OCH3 is 1. The summed E-state index contributed by atoms with van der Waals surface area (Å²) < 4.78 is 6.68. The molecule has 1 heterocycles. The van der Waals surface area contributed by atoms with Gasteiger partial charge < -0.3 is 10.1 Å². The average molecular weight is 418 g/mol. The van der Waals surface area contributed by atoms with Crippen LogP contribution in [0.5, 0.6) is 0 Å². The van der Waals surface area contributed by atoms with Crippen molar-refractivity contribution in [3.05, 3.63) is 63.9 Å². The van der Waals surface area contributed by atoms with Crippen LogP contribution in [0.15, 0.2) is 58.5 Å². The minimum Gasteiger partial charge on any atom is -0.383 e. The summed E-state index contributed by atoms with van der Waals surface area (Å²) in [6.45, 7) is 2.50. The third kappa shape index (κ3) is 4.73. The van der Waals surface area contributed by atoms with Crippen molar-refractivity contribution < 1.29 is 9.53 Å². The first-order valence-corrected chi connectivity index (χ1v) is 9.97. The highest BCUT2D eigenvalue weighted by molar-refractivity contribution is 8.00. The number of carbonyl (C=O) groups excluding carboxylic acids is 1. The molecule has 1 atom stereocenters. The largest absolute Gasteiger partial charge is 0.383 e. The zero-order valence-corrected chi connectivity index (χ0v) is 17.1. The maximum absolute atomic E-state index is 12.9. The second-order valence-electron chi connectivity index (χ2n) is 6.12. The lowest BCUT2D eigenvalue weighted by Crippen LogP contribution is -2.28. The zero-order valence-electron chi connectivity index (χ0n) is 15.5. The van der Waals surface area contributed by atoms with Crippen LogP contribution in [0, 0.1) is 0 Å². The van der Waals surface area contributed by atoms with E-state index in [1.165, 1.54) is 11.8 Å². The average Bonchev–Trinajstić information content (AvgIpc) is 2.68. The number of nitrogens with zero attached hydrogens (tertiary/aromatic N) is 2. The molecular weight excluding hydrogens is 398 g/mol. The maximum Gasteiger partial charge on any atom is 0.262 e. The van der Waals surface area contributed by atoms with Gasteiger partial charge >= 0.3 is 0 Å². The molecule has 0 spiro atoms. The summed E-state index contributed by atoms with van der Waals surface area (Å²) >= 11 is 7.20. The summed E-state index contributed by atoms with van der Waals surface area (Å²) in [7, 11) is 1.58. The third-order valence-corrected chi connectivity index (χ3v) is 5.41. The van der Waals surface area contributed by atoms with Gasteiger partial charge in [0.25, 0.3) is 5.56 Å². The van der Waals surface area contributed by atoms with E-state index in [1.807, 2.05) is 6.07 Å².